The first-order valence-electron chi connectivity index (χ1n) is 12.7. The molecule has 0 atom stereocenters. The molecule has 3 fully saturated rings. The number of rotatable bonds is 5. The van der Waals surface area contributed by atoms with Gasteiger partial charge in [-0.05, 0) is 56.4 Å². The molecule has 2 saturated carbocycles. The van der Waals surface area contributed by atoms with Gasteiger partial charge in [0.15, 0.2) is 5.82 Å². The topological polar surface area (TPSA) is 63.0 Å². The van der Waals surface area contributed by atoms with Gasteiger partial charge < -0.3 is 4.90 Å². The molecule has 10 heteroatoms. The van der Waals surface area contributed by atoms with Crippen LogP contribution in [0.5, 0.6) is 0 Å². The summed E-state index contributed by atoms with van der Waals surface area (Å²) in [5, 5.41) is 9.72. The first-order valence-corrected chi connectivity index (χ1v) is 13.0. The van der Waals surface area contributed by atoms with Crippen LogP contribution in [0.1, 0.15) is 54.5 Å². The number of hydrogen-bond acceptors (Lipinski definition) is 6. The minimum Gasteiger partial charge on any atom is -0.354 e. The minimum atomic E-state index is -2.69. The van der Waals surface area contributed by atoms with Crippen LogP contribution in [0.4, 0.5) is 14.6 Å². The molecular weight excluding hydrogens is 484 g/mol. The summed E-state index contributed by atoms with van der Waals surface area (Å²) in [5.41, 5.74) is 3.09. The number of hydrogen-bond donors (Lipinski definition) is 0. The predicted molar refractivity (Wildman–Crippen MR) is 132 cm³/mol. The Morgan fingerprint density at radius 1 is 1.11 bits per heavy atom. The highest BCUT2D eigenvalue weighted by atomic mass is 35.5. The maximum absolute atomic E-state index is 14.7. The Bertz CT molecular complexity index is 1320. The standard InChI is InChI=1S/C26H28ClF2N7/c1-16-9-30-10-22(31-16)35-13-25(14-35)7-18(8-25)24-33-32-23-12-34(15-26(28,29)19-2-3-19)11-17-6-20(27)4-5-21(17)36(23)24/h4-6,9-10,18-19H,2-3,7-8,11-15H2,1H3. The van der Waals surface area contributed by atoms with Crippen LogP contribution >= 0.6 is 11.6 Å². The minimum absolute atomic E-state index is 0.268. The summed E-state index contributed by atoms with van der Waals surface area (Å²) in [6.45, 7) is 4.40. The molecular formula is C26H28ClF2N7. The molecule has 1 saturated heterocycles. The number of anilines is 1. The van der Waals surface area contributed by atoms with Crippen LogP contribution in [0, 0.1) is 18.3 Å². The maximum Gasteiger partial charge on any atom is 0.263 e. The number of halogens is 3. The Kier molecular flexibility index (Phi) is 4.96. The van der Waals surface area contributed by atoms with Crippen LogP contribution in [0.25, 0.3) is 5.69 Å². The molecule has 0 radical (unpaired) electrons. The second-order valence-electron chi connectivity index (χ2n) is 11.2. The Balaban J connectivity index is 1.13. The SMILES string of the molecule is Cc1cncc(N2CC3(CC(c4nnc5n4-c4ccc(Cl)cc4CN(CC(F)(F)C4CC4)C5)C3)C2)n1. The van der Waals surface area contributed by atoms with Crippen molar-refractivity contribution in [3.63, 3.8) is 0 Å². The van der Waals surface area contributed by atoms with E-state index in [1.165, 1.54) is 0 Å². The molecule has 1 spiro atoms. The normalized spacial score (nSPS) is 21.5. The van der Waals surface area contributed by atoms with Gasteiger partial charge in [-0.15, -0.1) is 10.2 Å². The second kappa shape index (κ2) is 7.92. The largest absolute Gasteiger partial charge is 0.354 e. The van der Waals surface area contributed by atoms with Gasteiger partial charge in [0.2, 0.25) is 0 Å². The van der Waals surface area contributed by atoms with Gasteiger partial charge in [-0.25, -0.2) is 13.8 Å². The van der Waals surface area contributed by atoms with Crippen molar-refractivity contribution in [1.29, 1.82) is 0 Å². The quantitative estimate of drug-likeness (QED) is 0.492. The third-order valence-corrected chi connectivity index (χ3v) is 8.48. The molecule has 4 heterocycles. The van der Waals surface area contributed by atoms with E-state index < -0.39 is 11.8 Å². The molecule has 2 aliphatic carbocycles. The predicted octanol–water partition coefficient (Wildman–Crippen LogP) is 4.76. The van der Waals surface area contributed by atoms with E-state index in [0.29, 0.717) is 36.9 Å². The highest BCUT2D eigenvalue weighted by Gasteiger charge is 2.54. The van der Waals surface area contributed by atoms with Gasteiger partial charge in [0.25, 0.3) is 5.92 Å². The molecule has 188 valence electrons. The van der Waals surface area contributed by atoms with E-state index in [4.69, 9.17) is 11.6 Å². The number of aromatic nitrogens is 5. The molecule has 4 aliphatic rings. The van der Waals surface area contributed by atoms with Crippen LogP contribution in [-0.2, 0) is 13.1 Å². The molecule has 7 nitrogen and oxygen atoms in total. The van der Waals surface area contributed by atoms with Crippen molar-refractivity contribution in [3.8, 4) is 5.69 Å². The van der Waals surface area contributed by atoms with Crippen molar-refractivity contribution < 1.29 is 8.78 Å². The van der Waals surface area contributed by atoms with Crippen molar-refractivity contribution in [2.45, 2.75) is 57.5 Å². The lowest BCUT2D eigenvalue weighted by molar-refractivity contribution is -0.0558. The summed E-state index contributed by atoms with van der Waals surface area (Å²) < 4.78 is 31.6. The molecule has 0 amide bonds. The first kappa shape index (κ1) is 22.5. The van der Waals surface area contributed by atoms with Crippen molar-refractivity contribution in [2.24, 2.45) is 11.3 Å². The van der Waals surface area contributed by atoms with E-state index in [-0.39, 0.29) is 12.0 Å². The monoisotopic (exact) mass is 511 g/mol. The van der Waals surface area contributed by atoms with Crippen molar-refractivity contribution >= 4 is 17.4 Å². The molecule has 36 heavy (non-hydrogen) atoms. The van der Waals surface area contributed by atoms with Crippen molar-refractivity contribution in [2.75, 3.05) is 24.5 Å². The van der Waals surface area contributed by atoms with Gasteiger partial charge >= 0.3 is 0 Å². The number of nitrogens with zero attached hydrogens (tertiary/aromatic N) is 7. The average molecular weight is 512 g/mol. The van der Waals surface area contributed by atoms with E-state index in [1.807, 2.05) is 31.3 Å². The molecule has 0 unspecified atom stereocenters. The van der Waals surface area contributed by atoms with Crippen LogP contribution in [0.3, 0.4) is 0 Å². The summed E-state index contributed by atoms with van der Waals surface area (Å²) in [7, 11) is 0. The van der Waals surface area contributed by atoms with Crippen LogP contribution in [-0.4, -0.2) is 55.2 Å². The van der Waals surface area contributed by atoms with Crippen LogP contribution in [0.15, 0.2) is 30.6 Å². The summed E-state index contributed by atoms with van der Waals surface area (Å²) >= 11 is 6.33. The highest BCUT2D eigenvalue weighted by Crippen LogP contribution is 2.56. The van der Waals surface area contributed by atoms with Crippen LogP contribution < -0.4 is 4.90 Å². The first-order chi connectivity index (χ1) is 17.3. The summed E-state index contributed by atoms with van der Waals surface area (Å²) in [4.78, 5) is 13.0. The molecule has 3 aromatic rings. The Morgan fingerprint density at radius 3 is 2.67 bits per heavy atom. The zero-order valence-corrected chi connectivity index (χ0v) is 20.9. The van der Waals surface area contributed by atoms with Crippen LogP contribution in [0.2, 0.25) is 5.02 Å². The lowest BCUT2D eigenvalue weighted by Crippen LogP contribution is -2.62. The summed E-state index contributed by atoms with van der Waals surface area (Å²) in [6.07, 6.45) is 6.89. The third-order valence-electron chi connectivity index (χ3n) is 8.25. The van der Waals surface area contributed by atoms with Gasteiger partial charge in [-0.2, -0.15) is 0 Å². The zero-order valence-electron chi connectivity index (χ0n) is 20.2. The Labute approximate surface area is 213 Å². The molecule has 2 aromatic heterocycles. The van der Waals surface area contributed by atoms with Gasteiger partial charge in [0.1, 0.15) is 11.6 Å². The van der Waals surface area contributed by atoms with Crippen molar-refractivity contribution in [1.82, 2.24) is 29.6 Å². The lowest BCUT2D eigenvalue weighted by Gasteiger charge is -2.59. The molecule has 0 N–H and O–H groups in total. The number of alkyl halides is 2. The van der Waals surface area contributed by atoms with E-state index in [1.54, 1.807) is 11.1 Å². The fourth-order valence-corrected chi connectivity index (χ4v) is 6.55. The number of fused-ring (bicyclic) bond motifs is 3. The summed E-state index contributed by atoms with van der Waals surface area (Å²) in [5.74, 6) is -0.288. The smallest absolute Gasteiger partial charge is 0.263 e. The average Bonchev–Trinajstić information content (AvgIpc) is 3.57. The molecule has 1 aromatic carbocycles. The van der Waals surface area contributed by atoms with Gasteiger partial charge in [-0.3, -0.25) is 14.5 Å². The third kappa shape index (κ3) is 3.78. The van der Waals surface area contributed by atoms with Gasteiger partial charge in [0, 0.05) is 48.1 Å². The van der Waals surface area contributed by atoms with Gasteiger partial charge in [0.05, 0.1) is 30.7 Å². The fraction of sp³-hybridized carbons (Fsp3) is 0.538. The number of aryl methyl sites for hydroxylation is 1. The van der Waals surface area contributed by atoms with E-state index in [0.717, 1.165) is 60.3 Å². The molecule has 2 aliphatic heterocycles. The molecule has 0 bridgehead atoms. The highest BCUT2D eigenvalue weighted by molar-refractivity contribution is 6.30. The number of benzene rings is 1. The van der Waals surface area contributed by atoms with E-state index >= 15 is 0 Å². The summed E-state index contributed by atoms with van der Waals surface area (Å²) in [6, 6.07) is 5.73. The maximum atomic E-state index is 14.7. The van der Waals surface area contributed by atoms with Crippen molar-refractivity contribution in [3.05, 3.63) is 58.5 Å². The zero-order chi connectivity index (χ0) is 24.7. The second-order valence-corrected chi connectivity index (χ2v) is 11.7. The fourth-order valence-electron chi connectivity index (χ4n) is 6.35. The molecule has 7 rings (SSSR count). The van der Waals surface area contributed by atoms with Gasteiger partial charge in [-0.1, -0.05) is 11.6 Å². The Morgan fingerprint density at radius 2 is 1.92 bits per heavy atom. The van der Waals surface area contributed by atoms with E-state index in [9.17, 15) is 8.78 Å². The Hall–Kier alpha value is -2.65. The van der Waals surface area contributed by atoms with E-state index in [2.05, 4.69) is 29.6 Å². The lowest BCUT2D eigenvalue weighted by atomic mass is 9.57.